The first-order chi connectivity index (χ1) is 7.16. The van der Waals surface area contributed by atoms with Crippen LogP contribution < -0.4 is 0 Å². The number of rotatable bonds is 3. The number of fused-ring (bicyclic) bond motifs is 1. The molecule has 1 atom stereocenters. The van der Waals surface area contributed by atoms with Crippen LogP contribution in [0.2, 0.25) is 0 Å². The number of aliphatic carboxylic acids is 1. The van der Waals surface area contributed by atoms with E-state index in [1.54, 1.807) is 29.9 Å². The molecule has 1 N–H and O–H groups in total. The highest BCUT2D eigenvalue weighted by Gasteiger charge is 2.13. The Morgan fingerprint density at radius 2 is 2.47 bits per heavy atom. The van der Waals surface area contributed by atoms with E-state index in [9.17, 15) is 4.79 Å². The average Bonchev–Trinajstić information content (AvgIpc) is 2.59. The largest absolute Gasteiger partial charge is 0.481 e. The van der Waals surface area contributed by atoms with Gasteiger partial charge in [0.15, 0.2) is 0 Å². The van der Waals surface area contributed by atoms with Crippen molar-refractivity contribution in [2.45, 2.75) is 13.3 Å². The van der Waals surface area contributed by atoms with Crippen LogP contribution in [0.4, 0.5) is 0 Å². The molecule has 5 heteroatoms. The van der Waals surface area contributed by atoms with Gasteiger partial charge in [-0.25, -0.2) is 9.97 Å². The lowest BCUT2D eigenvalue weighted by Gasteiger charge is -2.01. The molecule has 0 fully saturated rings. The molecule has 0 aliphatic heterocycles. The van der Waals surface area contributed by atoms with E-state index in [4.69, 9.17) is 5.11 Å². The highest BCUT2D eigenvalue weighted by atomic mass is 16.4. The number of carboxylic acids is 1. The fourth-order valence-electron chi connectivity index (χ4n) is 1.40. The summed E-state index contributed by atoms with van der Waals surface area (Å²) in [5, 5.41) is 8.77. The molecule has 0 bridgehead atoms. The van der Waals surface area contributed by atoms with Gasteiger partial charge in [0, 0.05) is 18.8 Å². The molecule has 0 aliphatic carbocycles. The molecule has 2 aromatic heterocycles. The highest BCUT2D eigenvalue weighted by molar-refractivity contribution is 5.69. The van der Waals surface area contributed by atoms with Crippen molar-refractivity contribution in [3.05, 3.63) is 30.5 Å². The monoisotopic (exact) mass is 205 g/mol. The van der Waals surface area contributed by atoms with Gasteiger partial charge in [0.1, 0.15) is 12.0 Å². The van der Waals surface area contributed by atoms with Crippen molar-refractivity contribution in [3.63, 3.8) is 0 Å². The zero-order valence-corrected chi connectivity index (χ0v) is 8.29. The van der Waals surface area contributed by atoms with Gasteiger partial charge in [-0.2, -0.15) is 0 Å². The van der Waals surface area contributed by atoms with Crippen molar-refractivity contribution >= 4 is 11.6 Å². The SMILES string of the molecule is CC(Cc1cn2cnccc2n1)C(=O)O. The lowest BCUT2D eigenvalue weighted by atomic mass is 10.1. The minimum Gasteiger partial charge on any atom is -0.481 e. The standard InChI is InChI=1S/C10H11N3O2/c1-7(10(14)15)4-8-5-13-6-11-3-2-9(13)12-8/h2-3,5-7H,4H2,1H3,(H,14,15). The Morgan fingerprint density at radius 1 is 1.67 bits per heavy atom. The van der Waals surface area contributed by atoms with E-state index in [0.29, 0.717) is 6.42 Å². The van der Waals surface area contributed by atoms with Gasteiger partial charge in [-0.3, -0.25) is 9.20 Å². The smallest absolute Gasteiger partial charge is 0.306 e. The molecule has 0 aromatic carbocycles. The Hall–Kier alpha value is -1.91. The summed E-state index contributed by atoms with van der Waals surface area (Å²) >= 11 is 0. The molecular formula is C10H11N3O2. The fraction of sp³-hybridized carbons (Fsp3) is 0.300. The number of imidazole rings is 1. The zero-order valence-electron chi connectivity index (χ0n) is 8.29. The lowest BCUT2D eigenvalue weighted by Crippen LogP contribution is -2.12. The van der Waals surface area contributed by atoms with E-state index in [-0.39, 0.29) is 0 Å². The van der Waals surface area contributed by atoms with Crippen molar-refractivity contribution in [3.8, 4) is 0 Å². The molecule has 5 nitrogen and oxygen atoms in total. The molecule has 78 valence electrons. The van der Waals surface area contributed by atoms with Crippen molar-refractivity contribution in [1.29, 1.82) is 0 Å². The molecule has 2 rings (SSSR count). The summed E-state index contributed by atoms with van der Waals surface area (Å²) in [6.07, 6.45) is 5.56. The van der Waals surface area contributed by atoms with Crippen LogP contribution in [0.3, 0.4) is 0 Å². The Balaban J connectivity index is 2.26. The van der Waals surface area contributed by atoms with Gasteiger partial charge in [0.05, 0.1) is 11.6 Å². The van der Waals surface area contributed by atoms with Crippen LogP contribution in [-0.2, 0) is 11.2 Å². The number of hydrogen-bond acceptors (Lipinski definition) is 3. The van der Waals surface area contributed by atoms with Crippen LogP contribution in [0.15, 0.2) is 24.8 Å². The van der Waals surface area contributed by atoms with Gasteiger partial charge in [0.2, 0.25) is 0 Å². The second-order valence-corrected chi connectivity index (χ2v) is 3.52. The number of hydrogen-bond donors (Lipinski definition) is 1. The van der Waals surface area contributed by atoms with Gasteiger partial charge in [-0.1, -0.05) is 6.92 Å². The number of carbonyl (C=O) groups is 1. The predicted octanol–water partition coefficient (Wildman–Crippen LogP) is 0.992. The van der Waals surface area contributed by atoms with E-state index in [0.717, 1.165) is 11.3 Å². The lowest BCUT2D eigenvalue weighted by molar-refractivity contribution is -0.141. The summed E-state index contributed by atoms with van der Waals surface area (Å²) in [6, 6.07) is 1.79. The molecule has 0 spiro atoms. The summed E-state index contributed by atoms with van der Waals surface area (Å²) in [7, 11) is 0. The third-order valence-corrected chi connectivity index (χ3v) is 2.25. The predicted molar refractivity (Wildman–Crippen MR) is 53.5 cm³/mol. The van der Waals surface area contributed by atoms with Crippen molar-refractivity contribution in [2.75, 3.05) is 0 Å². The van der Waals surface area contributed by atoms with E-state index >= 15 is 0 Å². The summed E-state index contributed by atoms with van der Waals surface area (Å²) in [4.78, 5) is 18.9. The Bertz CT molecular complexity index is 459. The van der Waals surface area contributed by atoms with Crippen molar-refractivity contribution in [2.24, 2.45) is 5.92 Å². The molecule has 2 aromatic rings. The molecule has 0 amide bonds. The topological polar surface area (TPSA) is 67.5 Å². The third-order valence-electron chi connectivity index (χ3n) is 2.25. The first-order valence-corrected chi connectivity index (χ1v) is 4.67. The number of nitrogens with zero attached hydrogens (tertiary/aromatic N) is 3. The third kappa shape index (κ3) is 1.96. The van der Waals surface area contributed by atoms with E-state index in [1.807, 2.05) is 6.20 Å². The van der Waals surface area contributed by atoms with E-state index < -0.39 is 11.9 Å². The van der Waals surface area contributed by atoms with Crippen LogP contribution in [0.1, 0.15) is 12.6 Å². The molecular weight excluding hydrogens is 194 g/mol. The zero-order chi connectivity index (χ0) is 10.8. The molecule has 15 heavy (non-hydrogen) atoms. The van der Waals surface area contributed by atoms with Gasteiger partial charge >= 0.3 is 5.97 Å². The maximum absolute atomic E-state index is 10.7. The minimum atomic E-state index is -0.801. The molecule has 0 radical (unpaired) electrons. The first-order valence-electron chi connectivity index (χ1n) is 4.67. The van der Waals surface area contributed by atoms with E-state index in [2.05, 4.69) is 9.97 Å². The summed E-state index contributed by atoms with van der Waals surface area (Å²) in [5.74, 6) is -1.21. The van der Waals surface area contributed by atoms with Gasteiger partial charge in [0.25, 0.3) is 0 Å². The fourth-order valence-corrected chi connectivity index (χ4v) is 1.40. The number of carboxylic acid groups (broad SMARTS) is 1. The molecule has 0 aliphatic rings. The van der Waals surface area contributed by atoms with Crippen molar-refractivity contribution < 1.29 is 9.90 Å². The summed E-state index contributed by atoms with van der Waals surface area (Å²) in [6.45, 7) is 1.67. The van der Waals surface area contributed by atoms with E-state index in [1.165, 1.54) is 0 Å². The second-order valence-electron chi connectivity index (χ2n) is 3.52. The van der Waals surface area contributed by atoms with Crippen LogP contribution >= 0.6 is 0 Å². The quantitative estimate of drug-likeness (QED) is 0.811. The minimum absolute atomic E-state index is 0.414. The molecule has 0 saturated carbocycles. The normalized spacial score (nSPS) is 12.9. The number of aromatic nitrogens is 3. The highest BCUT2D eigenvalue weighted by Crippen LogP contribution is 2.09. The molecule has 2 heterocycles. The van der Waals surface area contributed by atoms with Crippen LogP contribution in [0.5, 0.6) is 0 Å². The maximum Gasteiger partial charge on any atom is 0.306 e. The van der Waals surface area contributed by atoms with Crippen LogP contribution in [0.25, 0.3) is 5.65 Å². The average molecular weight is 205 g/mol. The van der Waals surface area contributed by atoms with Crippen LogP contribution in [-0.4, -0.2) is 25.4 Å². The van der Waals surface area contributed by atoms with Gasteiger partial charge in [-0.05, 0) is 6.07 Å². The summed E-state index contributed by atoms with van der Waals surface area (Å²) < 4.78 is 1.78. The Labute approximate surface area is 86.4 Å². The summed E-state index contributed by atoms with van der Waals surface area (Å²) in [5.41, 5.74) is 1.57. The molecule has 0 saturated heterocycles. The van der Waals surface area contributed by atoms with Crippen molar-refractivity contribution in [1.82, 2.24) is 14.4 Å². The van der Waals surface area contributed by atoms with Gasteiger partial charge < -0.3 is 5.11 Å². The van der Waals surface area contributed by atoms with Gasteiger partial charge in [-0.15, -0.1) is 0 Å². The Morgan fingerprint density at radius 3 is 3.13 bits per heavy atom. The van der Waals surface area contributed by atoms with Crippen LogP contribution in [0, 0.1) is 5.92 Å². The maximum atomic E-state index is 10.7. The Kier molecular flexibility index (Phi) is 2.37. The second kappa shape index (κ2) is 3.68. The molecule has 1 unspecified atom stereocenters. The first kappa shape index (κ1) is 9.64.